The number of carbonyl (C=O) groups is 3. The van der Waals surface area contributed by atoms with E-state index in [1.54, 1.807) is 0 Å². The van der Waals surface area contributed by atoms with Crippen LogP contribution in [-0.4, -0.2) is 37.2 Å². The molecule has 0 aliphatic carbocycles. The van der Waals surface area contributed by atoms with Crippen molar-refractivity contribution in [3.05, 3.63) is 48.6 Å². The Balaban J connectivity index is 4.43. The van der Waals surface area contributed by atoms with E-state index in [2.05, 4.69) is 32.9 Å². The maximum atomic E-state index is 12.7. The van der Waals surface area contributed by atoms with Crippen molar-refractivity contribution in [3.8, 4) is 0 Å². The van der Waals surface area contributed by atoms with Crippen molar-refractivity contribution in [3.63, 3.8) is 0 Å². The zero-order chi connectivity index (χ0) is 40.1. The van der Waals surface area contributed by atoms with Gasteiger partial charge < -0.3 is 14.2 Å². The molecule has 0 amide bonds. The summed E-state index contributed by atoms with van der Waals surface area (Å²) in [6, 6.07) is 0. The Morgan fingerprint density at radius 3 is 1.11 bits per heavy atom. The number of hydrogen-bond acceptors (Lipinski definition) is 6. The average molecular weight is 771 g/mol. The fourth-order valence-electron chi connectivity index (χ4n) is 6.45. The Morgan fingerprint density at radius 1 is 0.382 bits per heavy atom. The maximum absolute atomic E-state index is 12.7. The second kappa shape index (κ2) is 44.1. The van der Waals surface area contributed by atoms with E-state index in [9.17, 15) is 14.4 Å². The minimum absolute atomic E-state index is 0.0828. The maximum Gasteiger partial charge on any atom is 0.306 e. The third-order valence-corrected chi connectivity index (χ3v) is 9.94. The molecule has 318 valence electrons. The van der Waals surface area contributed by atoms with Gasteiger partial charge in [-0.2, -0.15) is 0 Å². The zero-order valence-corrected chi connectivity index (χ0v) is 36.2. The molecule has 0 aliphatic rings. The first-order chi connectivity index (χ1) is 27.0. The van der Waals surface area contributed by atoms with E-state index in [0.29, 0.717) is 19.3 Å². The van der Waals surface area contributed by atoms with Crippen LogP contribution >= 0.6 is 0 Å². The van der Waals surface area contributed by atoms with Gasteiger partial charge in [-0.25, -0.2) is 0 Å². The molecule has 0 radical (unpaired) electrons. The van der Waals surface area contributed by atoms with Crippen LogP contribution in [0, 0.1) is 0 Å². The molecule has 0 aliphatic heterocycles. The molecule has 0 saturated carbocycles. The molecular weight excluding hydrogens is 685 g/mol. The van der Waals surface area contributed by atoms with Crippen molar-refractivity contribution < 1.29 is 28.6 Å². The van der Waals surface area contributed by atoms with Crippen LogP contribution in [0.1, 0.15) is 226 Å². The standard InChI is InChI=1S/C49H86O6/c1-4-7-10-13-16-19-22-25-28-30-33-36-39-42-48(51)54-45-46(55-49(52)43-40-37-34-31-27-24-21-18-15-12-9-6-3)44-53-47(50)41-38-35-32-29-26-23-20-17-14-11-8-5-2/h7,10,13,16,19,22,25,28,46H,4-6,8-9,11-12,14-15,17-18,20-21,23-24,26-27,29-45H2,1-3H3/b10-7-,16-13-,22-19-,28-25-. The number of ether oxygens (including phenoxy) is 3. The molecule has 0 N–H and O–H groups in total. The zero-order valence-electron chi connectivity index (χ0n) is 36.2. The highest BCUT2D eigenvalue weighted by molar-refractivity contribution is 5.71. The predicted molar refractivity (Wildman–Crippen MR) is 233 cm³/mol. The van der Waals surface area contributed by atoms with Crippen LogP contribution in [0.4, 0.5) is 0 Å². The van der Waals surface area contributed by atoms with Crippen molar-refractivity contribution >= 4 is 17.9 Å². The van der Waals surface area contributed by atoms with Crippen molar-refractivity contribution in [1.29, 1.82) is 0 Å². The van der Waals surface area contributed by atoms with Gasteiger partial charge in [-0.05, 0) is 38.5 Å². The highest BCUT2D eigenvalue weighted by Crippen LogP contribution is 2.15. The van der Waals surface area contributed by atoms with Gasteiger partial charge in [0.15, 0.2) is 6.10 Å². The number of rotatable bonds is 41. The highest BCUT2D eigenvalue weighted by Gasteiger charge is 2.19. The number of hydrogen-bond donors (Lipinski definition) is 0. The molecule has 0 rings (SSSR count). The van der Waals surface area contributed by atoms with Gasteiger partial charge in [0.1, 0.15) is 13.2 Å². The minimum Gasteiger partial charge on any atom is -0.462 e. The van der Waals surface area contributed by atoms with Gasteiger partial charge in [-0.1, -0.05) is 217 Å². The van der Waals surface area contributed by atoms with E-state index in [0.717, 1.165) is 70.6 Å². The Labute approximate surface area is 339 Å². The molecule has 0 bridgehead atoms. The molecular formula is C49H86O6. The number of allylic oxidation sites excluding steroid dienone is 8. The van der Waals surface area contributed by atoms with E-state index in [1.807, 2.05) is 36.5 Å². The number of unbranched alkanes of at least 4 members (excludes halogenated alkanes) is 25. The predicted octanol–water partition coefficient (Wildman–Crippen LogP) is 14.8. The summed E-state index contributed by atoms with van der Waals surface area (Å²) in [5.41, 5.74) is 0. The molecule has 6 heteroatoms. The Bertz CT molecular complexity index is 980. The second-order valence-electron chi connectivity index (χ2n) is 15.4. The van der Waals surface area contributed by atoms with Gasteiger partial charge in [0, 0.05) is 19.3 Å². The van der Waals surface area contributed by atoms with Crippen LogP contribution in [0.3, 0.4) is 0 Å². The van der Waals surface area contributed by atoms with Gasteiger partial charge in [-0.15, -0.1) is 0 Å². The molecule has 0 aromatic rings. The van der Waals surface area contributed by atoms with E-state index < -0.39 is 6.10 Å². The molecule has 1 unspecified atom stereocenters. The molecule has 1 atom stereocenters. The van der Waals surface area contributed by atoms with Crippen molar-refractivity contribution in [1.82, 2.24) is 0 Å². The molecule has 0 aromatic carbocycles. The molecule has 0 heterocycles. The lowest BCUT2D eigenvalue weighted by Crippen LogP contribution is -2.30. The minimum atomic E-state index is -0.782. The van der Waals surface area contributed by atoms with E-state index >= 15 is 0 Å². The van der Waals surface area contributed by atoms with Crippen LogP contribution in [0.2, 0.25) is 0 Å². The first-order valence-corrected chi connectivity index (χ1v) is 23.2. The van der Waals surface area contributed by atoms with Gasteiger partial charge >= 0.3 is 17.9 Å². The number of carbonyl (C=O) groups excluding carboxylic acids is 3. The summed E-state index contributed by atoms with van der Waals surface area (Å²) < 4.78 is 16.7. The van der Waals surface area contributed by atoms with Gasteiger partial charge in [-0.3, -0.25) is 14.4 Å². The SMILES string of the molecule is CC\C=C/C=C\C=C/C=C\CCCCCC(=O)OCC(COC(=O)CCCCCCCCCCCCCC)OC(=O)CCCCCCCCCCCCCC. The fraction of sp³-hybridized carbons (Fsp3) is 0.776. The summed E-state index contributed by atoms with van der Waals surface area (Å²) in [5, 5.41) is 0. The second-order valence-corrected chi connectivity index (χ2v) is 15.4. The monoisotopic (exact) mass is 771 g/mol. The lowest BCUT2D eigenvalue weighted by molar-refractivity contribution is -0.167. The third-order valence-electron chi connectivity index (χ3n) is 9.94. The fourth-order valence-corrected chi connectivity index (χ4v) is 6.45. The lowest BCUT2D eigenvalue weighted by Gasteiger charge is -2.18. The Kier molecular flexibility index (Phi) is 42.0. The van der Waals surface area contributed by atoms with Crippen LogP contribution < -0.4 is 0 Å². The first-order valence-electron chi connectivity index (χ1n) is 23.2. The first kappa shape index (κ1) is 52.4. The molecule has 55 heavy (non-hydrogen) atoms. The normalized spacial score (nSPS) is 12.4. The third kappa shape index (κ3) is 42.4. The summed E-state index contributed by atoms with van der Waals surface area (Å²) in [4.78, 5) is 37.7. The molecule has 6 nitrogen and oxygen atoms in total. The topological polar surface area (TPSA) is 78.9 Å². The van der Waals surface area contributed by atoms with Crippen molar-refractivity contribution in [2.45, 2.75) is 232 Å². The van der Waals surface area contributed by atoms with E-state index in [-0.39, 0.29) is 31.1 Å². The molecule has 0 spiro atoms. The molecule has 0 saturated heterocycles. The van der Waals surface area contributed by atoms with Gasteiger partial charge in [0.2, 0.25) is 0 Å². The van der Waals surface area contributed by atoms with Gasteiger partial charge in [0.05, 0.1) is 0 Å². The summed E-state index contributed by atoms with van der Waals surface area (Å²) >= 11 is 0. The van der Waals surface area contributed by atoms with Crippen LogP contribution in [0.15, 0.2) is 48.6 Å². The smallest absolute Gasteiger partial charge is 0.306 e. The summed E-state index contributed by atoms with van der Waals surface area (Å²) in [6.07, 6.45) is 50.9. The van der Waals surface area contributed by atoms with Crippen molar-refractivity contribution in [2.24, 2.45) is 0 Å². The quantitative estimate of drug-likeness (QED) is 0.0267. The summed E-state index contributed by atoms with van der Waals surface area (Å²) in [6.45, 7) is 6.45. The molecule has 0 aromatic heterocycles. The number of esters is 3. The average Bonchev–Trinajstić information content (AvgIpc) is 3.18. The largest absolute Gasteiger partial charge is 0.462 e. The highest BCUT2D eigenvalue weighted by atomic mass is 16.6. The van der Waals surface area contributed by atoms with E-state index in [1.165, 1.54) is 116 Å². The van der Waals surface area contributed by atoms with Gasteiger partial charge in [0.25, 0.3) is 0 Å². The summed E-state index contributed by atoms with van der Waals surface area (Å²) in [5.74, 6) is -0.921. The Morgan fingerprint density at radius 2 is 0.709 bits per heavy atom. The van der Waals surface area contributed by atoms with Crippen molar-refractivity contribution in [2.75, 3.05) is 13.2 Å². The summed E-state index contributed by atoms with van der Waals surface area (Å²) in [7, 11) is 0. The van der Waals surface area contributed by atoms with Crippen LogP contribution in [-0.2, 0) is 28.6 Å². The van der Waals surface area contributed by atoms with Crippen LogP contribution in [0.5, 0.6) is 0 Å². The van der Waals surface area contributed by atoms with Crippen LogP contribution in [0.25, 0.3) is 0 Å². The van der Waals surface area contributed by atoms with E-state index in [4.69, 9.17) is 14.2 Å². The molecule has 0 fully saturated rings. The lowest BCUT2D eigenvalue weighted by atomic mass is 10.0. The Hall–Kier alpha value is -2.63.